The molecule has 0 saturated heterocycles. The summed E-state index contributed by atoms with van der Waals surface area (Å²) >= 11 is 1.11. The highest BCUT2D eigenvalue weighted by Gasteiger charge is 2.15. The average Bonchev–Trinajstić information content (AvgIpc) is 2.53. The van der Waals surface area contributed by atoms with Gasteiger partial charge in [-0.15, -0.1) is 11.3 Å². The summed E-state index contributed by atoms with van der Waals surface area (Å²) in [5, 5.41) is 8.94. The second-order valence-corrected chi connectivity index (χ2v) is 5.73. The number of thiazole rings is 1. The van der Waals surface area contributed by atoms with Gasteiger partial charge in [0.1, 0.15) is 0 Å². The molecule has 0 aromatic carbocycles. The summed E-state index contributed by atoms with van der Waals surface area (Å²) in [6.07, 6.45) is 1.48. The predicted molar refractivity (Wildman–Crippen MR) is 52.3 cm³/mol. The van der Waals surface area contributed by atoms with Gasteiger partial charge >= 0.3 is 0 Å². The first-order valence-electron chi connectivity index (χ1n) is 3.85. The molecule has 1 aromatic heterocycles. The molecule has 0 aliphatic carbocycles. The summed E-state index contributed by atoms with van der Waals surface area (Å²) in [5.74, 6) is 0. The smallest absolute Gasteiger partial charge is 0.249 e. The Bertz CT molecular complexity index is 444. The second-order valence-electron chi connectivity index (χ2n) is 2.50. The lowest BCUT2D eigenvalue weighted by Crippen LogP contribution is -2.23. The van der Waals surface area contributed by atoms with Crippen LogP contribution in [0.1, 0.15) is 11.4 Å². The molecule has 0 atom stereocenters. The summed E-state index contributed by atoms with van der Waals surface area (Å²) in [4.78, 5) is 3.85. The van der Waals surface area contributed by atoms with Gasteiger partial charge in [0.25, 0.3) is 10.0 Å². The maximum atomic E-state index is 11.5. The minimum absolute atomic E-state index is 0.135. The number of hydrogen-bond acceptors (Lipinski definition) is 5. The van der Waals surface area contributed by atoms with Crippen LogP contribution in [0.5, 0.6) is 0 Å². The molecule has 0 spiro atoms. The van der Waals surface area contributed by atoms with Crippen LogP contribution in [0.3, 0.4) is 0 Å². The van der Waals surface area contributed by atoms with E-state index in [4.69, 9.17) is 5.26 Å². The van der Waals surface area contributed by atoms with Gasteiger partial charge in [-0.2, -0.15) is 5.26 Å². The topological polar surface area (TPSA) is 82.8 Å². The average molecular weight is 231 g/mol. The molecular formula is C7H9N3O2S2. The Kier molecular flexibility index (Phi) is 3.57. The maximum Gasteiger partial charge on any atom is 0.251 e. The Morgan fingerprint density at radius 1 is 1.71 bits per heavy atom. The van der Waals surface area contributed by atoms with Crippen LogP contribution in [0.2, 0.25) is 0 Å². The van der Waals surface area contributed by atoms with Crippen LogP contribution >= 0.6 is 11.3 Å². The second kappa shape index (κ2) is 4.50. The van der Waals surface area contributed by atoms with E-state index in [0.717, 1.165) is 11.3 Å². The van der Waals surface area contributed by atoms with E-state index in [0.29, 0.717) is 5.01 Å². The predicted octanol–water partition coefficient (Wildman–Crippen LogP) is 0.643. The van der Waals surface area contributed by atoms with Gasteiger partial charge in [0, 0.05) is 13.0 Å². The van der Waals surface area contributed by atoms with E-state index in [9.17, 15) is 8.42 Å². The van der Waals surface area contributed by atoms with E-state index in [-0.39, 0.29) is 17.2 Å². The fourth-order valence-electron chi connectivity index (χ4n) is 0.779. The standard InChI is InChI=1S/C7H9N3O2S2/c1-6-9-5-7(13-6)14(11,12)10-4-2-3-8/h5,10H,2,4H2,1H3. The van der Waals surface area contributed by atoms with Crippen LogP contribution in [-0.2, 0) is 10.0 Å². The van der Waals surface area contributed by atoms with Crippen molar-refractivity contribution in [3.05, 3.63) is 11.2 Å². The van der Waals surface area contributed by atoms with Crippen molar-refractivity contribution in [1.29, 1.82) is 5.26 Å². The van der Waals surface area contributed by atoms with Gasteiger partial charge < -0.3 is 0 Å². The summed E-state index contributed by atoms with van der Waals surface area (Å²) in [7, 11) is -3.46. The van der Waals surface area contributed by atoms with Crippen molar-refractivity contribution >= 4 is 21.4 Å². The van der Waals surface area contributed by atoms with Crippen molar-refractivity contribution in [3.8, 4) is 6.07 Å². The molecule has 0 radical (unpaired) electrons. The van der Waals surface area contributed by atoms with Crippen LogP contribution in [0.4, 0.5) is 0 Å². The number of aromatic nitrogens is 1. The number of aryl methyl sites for hydroxylation is 1. The third-order valence-electron chi connectivity index (χ3n) is 1.39. The van der Waals surface area contributed by atoms with Crippen molar-refractivity contribution in [3.63, 3.8) is 0 Å². The Morgan fingerprint density at radius 3 is 2.93 bits per heavy atom. The lowest BCUT2D eigenvalue weighted by Gasteiger charge is -1.99. The van der Waals surface area contributed by atoms with Gasteiger partial charge in [0.2, 0.25) is 0 Å². The molecule has 0 fully saturated rings. The van der Waals surface area contributed by atoms with Crippen LogP contribution in [-0.4, -0.2) is 19.9 Å². The van der Waals surface area contributed by atoms with Crippen LogP contribution in [0.15, 0.2) is 10.4 Å². The fourth-order valence-corrected chi connectivity index (χ4v) is 2.96. The van der Waals surface area contributed by atoms with Gasteiger partial charge in [-0.1, -0.05) is 0 Å². The van der Waals surface area contributed by atoms with Crippen molar-refractivity contribution in [2.24, 2.45) is 0 Å². The quantitative estimate of drug-likeness (QED) is 0.771. The molecule has 76 valence electrons. The highest BCUT2D eigenvalue weighted by Crippen LogP contribution is 2.17. The number of rotatable bonds is 4. The number of sulfonamides is 1. The van der Waals surface area contributed by atoms with Crippen LogP contribution in [0.25, 0.3) is 0 Å². The molecule has 1 N–H and O–H groups in total. The first-order chi connectivity index (χ1) is 6.56. The Hall–Kier alpha value is -0.970. The molecule has 1 heterocycles. The SMILES string of the molecule is Cc1ncc(S(=O)(=O)NCCC#N)s1. The van der Waals surface area contributed by atoms with E-state index in [1.54, 1.807) is 6.92 Å². The first kappa shape index (κ1) is 11.1. The van der Waals surface area contributed by atoms with E-state index < -0.39 is 10.0 Å². The molecule has 0 bridgehead atoms. The van der Waals surface area contributed by atoms with Gasteiger partial charge in [0.05, 0.1) is 17.3 Å². The third kappa shape index (κ3) is 2.77. The summed E-state index contributed by atoms with van der Waals surface area (Å²) in [5.41, 5.74) is 0. The summed E-state index contributed by atoms with van der Waals surface area (Å²) < 4.78 is 25.4. The van der Waals surface area contributed by atoms with E-state index in [1.165, 1.54) is 6.20 Å². The zero-order chi connectivity index (χ0) is 10.6. The Morgan fingerprint density at radius 2 is 2.43 bits per heavy atom. The zero-order valence-corrected chi connectivity index (χ0v) is 9.15. The van der Waals surface area contributed by atoms with Gasteiger partial charge in [-0.25, -0.2) is 18.1 Å². The molecule has 0 amide bonds. The largest absolute Gasteiger partial charge is 0.251 e. The van der Waals surface area contributed by atoms with Crippen LogP contribution < -0.4 is 4.72 Å². The third-order valence-corrected chi connectivity index (χ3v) is 4.23. The van der Waals surface area contributed by atoms with Crippen LogP contribution in [0, 0.1) is 18.3 Å². The molecule has 5 nitrogen and oxygen atoms in total. The number of nitriles is 1. The highest BCUT2D eigenvalue weighted by molar-refractivity contribution is 7.91. The normalized spacial score (nSPS) is 11.1. The van der Waals surface area contributed by atoms with Gasteiger partial charge in [-0.05, 0) is 6.92 Å². The highest BCUT2D eigenvalue weighted by atomic mass is 32.2. The van der Waals surface area contributed by atoms with Crippen molar-refractivity contribution in [1.82, 2.24) is 9.71 Å². The molecule has 1 rings (SSSR count). The molecule has 1 aromatic rings. The van der Waals surface area contributed by atoms with Gasteiger partial charge in [0.15, 0.2) is 4.21 Å². The zero-order valence-electron chi connectivity index (χ0n) is 7.52. The van der Waals surface area contributed by atoms with E-state index in [1.807, 2.05) is 6.07 Å². The summed E-state index contributed by atoms with van der Waals surface area (Å²) in [6.45, 7) is 1.87. The molecule has 14 heavy (non-hydrogen) atoms. The molecule has 0 aliphatic rings. The number of hydrogen-bond donors (Lipinski definition) is 1. The lowest BCUT2D eigenvalue weighted by atomic mass is 10.5. The van der Waals surface area contributed by atoms with E-state index in [2.05, 4.69) is 9.71 Å². The number of nitrogens with zero attached hydrogens (tertiary/aromatic N) is 2. The Labute approximate surface area is 86.5 Å². The van der Waals surface area contributed by atoms with Crippen molar-refractivity contribution < 1.29 is 8.42 Å². The molecule has 0 saturated carbocycles. The fraction of sp³-hybridized carbons (Fsp3) is 0.429. The molecule has 0 unspecified atom stereocenters. The lowest BCUT2D eigenvalue weighted by molar-refractivity contribution is 0.584. The van der Waals surface area contributed by atoms with E-state index >= 15 is 0 Å². The maximum absolute atomic E-state index is 11.5. The molecule has 0 aliphatic heterocycles. The van der Waals surface area contributed by atoms with Gasteiger partial charge in [-0.3, -0.25) is 0 Å². The first-order valence-corrected chi connectivity index (χ1v) is 6.15. The van der Waals surface area contributed by atoms with Crippen molar-refractivity contribution in [2.45, 2.75) is 17.6 Å². The number of nitrogens with one attached hydrogen (secondary N) is 1. The molecular weight excluding hydrogens is 222 g/mol. The minimum atomic E-state index is -3.46. The van der Waals surface area contributed by atoms with Crippen molar-refractivity contribution in [2.75, 3.05) is 6.54 Å². The summed E-state index contributed by atoms with van der Waals surface area (Å²) in [6, 6.07) is 1.86. The Balaban J connectivity index is 2.72. The minimum Gasteiger partial charge on any atom is -0.249 e. The molecule has 7 heteroatoms. The monoisotopic (exact) mass is 231 g/mol.